The molecule has 0 unspecified atom stereocenters. The highest BCUT2D eigenvalue weighted by Gasteiger charge is 2.51. The highest BCUT2D eigenvalue weighted by atomic mass is 32.2. The van der Waals surface area contributed by atoms with Crippen LogP contribution in [0.15, 0.2) is 53.5 Å². The predicted octanol–water partition coefficient (Wildman–Crippen LogP) is 3.37. The van der Waals surface area contributed by atoms with Crippen LogP contribution in [0.3, 0.4) is 0 Å². The Morgan fingerprint density at radius 3 is 2.69 bits per heavy atom. The van der Waals surface area contributed by atoms with Crippen molar-refractivity contribution in [2.24, 2.45) is 10.9 Å². The molecule has 0 radical (unpaired) electrons. The van der Waals surface area contributed by atoms with E-state index in [0.717, 1.165) is 12.1 Å². The second-order valence-electron chi connectivity index (χ2n) is 8.04. The first-order chi connectivity index (χ1) is 16.8. The smallest absolute Gasteiger partial charge is 0.413 e. The molecule has 2 heterocycles. The Balaban J connectivity index is 1.62. The highest BCUT2D eigenvalue weighted by molar-refractivity contribution is 8.13. The summed E-state index contributed by atoms with van der Waals surface area (Å²) >= 11 is 1.25. The number of rotatable bonds is 4. The lowest BCUT2D eigenvalue weighted by molar-refractivity contribution is -0.141. The molecule has 1 fully saturated rings. The van der Waals surface area contributed by atoms with Gasteiger partial charge in [0, 0.05) is 28.9 Å². The lowest BCUT2D eigenvalue weighted by Gasteiger charge is -2.46. The number of aliphatic imine (C=N–C) groups is 1. The second kappa shape index (κ2) is 10.5. The molecule has 0 spiro atoms. The van der Waals surface area contributed by atoms with Crippen molar-refractivity contribution in [3.63, 3.8) is 0 Å². The van der Waals surface area contributed by atoms with Gasteiger partial charge in [-0.05, 0) is 31.5 Å². The van der Waals surface area contributed by atoms with E-state index >= 15 is 0 Å². The third-order valence-corrected chi connectivity index (χ3v) is 6.88. The number of benzene rings is 2. The number of amidine groups is 1. The van der Waals surface area contributed by atoms with Crippen LogP contribution in [0, 0.1) is 17.6 Å². The number of nitrogens with one attached hydrogen (secondary N) is 2. The Morgan fingerprint density at radius 2 is 1.97 bits per heavy atom. The molecule has 0 saturated carbocycles. The van der Waals surface area contributed by atoms with Gasteiger partial charge in [-0.1, -0.05) is 36.0 Å². The molecule has 0 aromatic heterocycles. The Morgan fingerprint density at radius 1 is 1.20 bits per heavy atom. The number of hydrogen-bond acceptors (Lipinski definition) is 7. The maximum absolute atomic E-state index is 15.0. The van der Waals surface area contributed by atoms with Crippen LogP contribution in [-0.2, 0) is 19.8 Å². The molecule has 2 aliphatic heterocycles. The van der Waals surface area contributed by atoms with Gasteiger partial charge in [-0.15, -0.1) is 0 Å². The van der Waals surface area contributed by atoms with Crippen molar-refractivity contribution in [1.29, 1.82) is 0 Å². The molecule has 11 heteroatoms. The van der Waals surface area contributed by atoms with Gasteiger partial charge in [-0.3, -0.25) is 14.9 Å². The van der Waals surface area contributed by atoms with Gasteiger partial charge in [-0.2, -0.15) is 0 Å². The van der Waals surface area contributed by atoms with Gasteiger partial charge in [0.2, 0.25) is 0 Å². The summed E-state index contributed by atoms with van der Waals surface area (Å²) in [6.07, 6.45) is -1.75. The summed E-state index contributed by atoms with van der Waals surface area (Å²) < 4.78 is 39.1. The molecule has 2 aliphatic rings. The Labute approximate surface area is 204 Å². The molecular formula is C24H23F2N3O5S. The minimum absolute atomic E-state index is 0.0971. The molecule has 0 bridgehead atoms. The second-order valence-corrected chi connectivity index (χ2v) is 9.05. The van der Waals surface area contributed by atoms with E-state index in [-0.39, 0.29) is 36.3 Å². The molecule has 2 N–H and O–H groups in total. The fourth-order valence-electron chi connectivity index (χ4n) is 4.14. The van der Waals surface area contributed by atoms with Gasteiger partial charge in [0.15, 0.2) is 5.17 Å². The minimum atomic E-state index is -1.30. The summed E-state index contributed by atoms with van der Waals surface area (Å²) in [5, 5.41) is 5.13. The zero-order chi connectivity index (χ0) is 25.0. The molecule has 3 atom stereocenters. The Hall–Kier alpha value is -3.31. The first-order valence-electron chi connectivity index (χ1n) is 11.0. The largest absolute Gasteiger partial charge is 0.450 e. The van der Waals surface area contributed by atoms with Crippen molar-refractivity contribution >= 4 is 34.8 Å². The molecule has 3 amide bonds. The van der Waals surface area contributed by atoms with Crippen LogP contribution in [-0.4, -0.2) is 48.1 Å². The van der Waals surface area contributed by atoms with Crippen molar-refractivity contribution in [1.82, 2.24) is 10.6 Å². The van der Waals surface area contributed by atoms with Crippen molar-refractivity contribution in [3.8, 4) is 0 Å². The molecule has 35 heavy (non-hydrogen) atoms. The first-order valence-corrected chi connectivity index (χ1v) is 11.9. The van der Waals surface area contributed by atoms with Crippen LogP contribution in [0.5, 0.6) is 0 Å². The average Bonchev–Trinajstić information content (AvgIpc) is 2.84. The SMILES string of the molecule is CCOC(=O)NC(=O)[C@H]1C[C@H]2CSC(NC(=O)c3ccccc3)=N[C@@]2(c2ccc(F)cc2F)CO1. The fourth-order valence-corrected chi connectivity index (χ4v) is 5.30. The number of halogens is 2. The van der Waals surface area contributed by atoms with Gasteiger partial charge >= 0.3 is 6.09 Å². The topological polar surface area (TPSA) is 106 Å². The van der Waals surface area contributed by atoms with E-state index in [1.54, 1.807) is 37.3 Å². The van der Waals surface area contributed by atoms with E-state index in [2.05, 4.69) is 15.6 Å². The quantitative estimate of drug-likeness (QED) is 0.663. The lowest BCUT2D eigenvalue weighted by Crippen LogP contribution is -2.54. The number of carbonyl (C=O) groups excluding carboxylic acids is 3. The van der Waals surface area contributed by atoms with E-state index < -0.39 is 41.2 Å². The van der Waals surface area contributed by atoms with Crippen LogP contribution >= 0.6 is 11.8 Å². The standard InChI is InChI=1S/C24H23F2N3O5S/c1-2-33-23(32)28-21(31)19-10-15-12-35-22(27-20(30)14-6-4-3-5-7-14)29-24(15,13-34-19)17-9-8-16(25)11-18(17)26/h3-9,11,15,19H,2,10,12-13H2,1H3,(H,27,29,30)(H,28,31,32)/t15-,19+,24-/m0/s1. The fraction of sp³-hybridized carbons (Fsp3) is 0.333. The third-order valence-electron chi connectivity index (χ3n) is 5.85. The Kier molecular flexibility index (Phi) is 7.46. The molecule has 0 aliphatic carbocycles. The van der Waals surface area contributed by atoms with E-state index in [4.69, 9.17) is 9.47 Å². The van der Waals surface area contributed by atoms with Gasteiger partial charge in [0.1, 0.15) is 23.3 Å². The summed E-state index contributed by atoms with van der Waals surface area (Å²) in [6, 6.07) is 11.7. The lowest BCUT2D eigenvalue weighted by atomic mass is 9.75. The van der Waals surface area contributed by atoms with Gasteiger partial charge < -0.3 is 14.8 Å². The van der Waals surface area contributed by atoms with Crippen LogP contribution in [0.25, 0.3) is 0 Å². The summed E-state index contributed by atoms with van der Waals surface area (Å²) in [5.41, 5.74) is -0.779. The number of alkyl carbamates (subject to hydrolysis) is 1. The maximum Gasteiger partial charge on any atom is 0.413 e. The van der Waals surface area contributed by atoms with E-state index in [9.17, 15) is 23.2 Å². The van der Waals surface area contributed by atoms with E-state index in [0.29, 0.717) is 11.3 Å². The molecule has 2 aromatic carbocycles. The Bertz CT molecular complexity index is 1160. The number of thioether (sulfide) groups is 1. The first kappa shape index (κ1) is 24.8. The molecule has 2 aromatic rings. The van der Waals surface area contributed by atoms with Gasteiger partial charge in [-0.25, -0.2) is 18.6 Å². The van der Waals surface area contributed by atoms with Crippen molar-refractivity contribution in [2.75, 3.05) is 19.0 Å². The summed E-state index contributed by atoms with van der Waals surface area (Å²) in [6.45, 7) is 1.49. The summed E-state index contributed by atoms with van der Waals surface area (Å²) in [7, 11) is 0. The van der Waals surface area contributed by atoms with Crippen molar-refractivity contribution < 1.29 is 32.6 Å². The number of amides is 3. The molecule has 1 saturated heterocycles. The number of imide groups is 1. The maximum atomic E-state index is 15.0. The van der Waals surface area contributed by atoms with E-state index in [1.807, 2.05) is 0 Å². The molecular weight excluding hydrogens is 480 g/mol. The van der Waals surface area contributed by atoms with Crippen LogP contribution < -0.4 is 10.6 Å². The monoisotopic (exact) mass is 503 g/mol. The average molecular weight is 504 g/mol. The molecule has 8 nitrogen and oxygen atoms in total. The zero-order valence-electron chi connectivity index (χ0n) is 18.8. The minimum Gasteiger partial charge on any atom is -0.450 e. The number of ether oxygens (including phenoxy) is 2. The van der Waals surface area contributed by atoms with Crippen molar-refractivity contribution in [3.05, 3.63) is 71.3 Å². The third kappa shape index (κ3) is 5.35. The van der Waals surface area contributed by atoms with Gasteiger partial charge in [0.05, 0.1) is 13.2 Å². The van der Waals surface area contributed by atoms with Crippen LogP contribution in [0.2, 0.25) is 0 Å². The number of fused-ring (bicyclic) bond motifs is 1. The van der Waals surface area contributed by atoms with Crippen molar-refractivity contribution in [2.45, 2.75) is 25.0 Å². The van der Waals surface area contributed by atoms with E-state index in [1.165, 1.54) is 17.8 Å². The highest BCUT2D eigenvalue weighted by Crippen LogP contribution is 2.47. The molecule has 4 rings (SSSR count). The number of carbonyl (C=O) groups is 3. The normalized spacial score (nSPS) is 23.5. The number of nitrogens with zero attached hydrogens (tertiary/aromatic N) is 1. The zero-order valence-corrected chi connectivity index (χ0v) is 19.6. The van der Waals surface area contributed by atoms with Gasteiger partial charge in [0.25, 0.3) is 11.8 Å². The summed E-state index contributed by atoms with van der Waals surface area (Å²) in [5.74, 6) is -2.64. The predicted molar refractivity (Wildman–Crippen MR) is 125 cm³/mol. The number of hydrogen-bond donors (Lipinski definition) is 2. The molecule has 184 valence electrons. The van der Waals surface area contributed by atoms with Crippen LogP contribution in [0.1, 0.15) is 29.3 Å². The summed E-state index contributed by atoms with van der Waals surface area (Å²) in [4.78, 5) is 41.5. The van der Waals surface area contributed by atoms with Crippen LogP contribution in [0.4, 0.5) is 13.6 Å².